The average molecular weight is 391 g/mol. The van der Waals surface area contributed by atoms with E-state index >= 15 is 0 Å². The van der Waals surface area contributed by atoms with Crippen molar-refractivity contribution < 1.29 is 28.6 Å². The Morgan fingerprint density at radius 1 is 1.30 bits per heavy atom. The number of fused-ring (bicyclic) bond motifs is 1. The monoisotopic (exact) mass is 391 g/mol. The van der Waals surface area contributed by atoms with Crippen LogP contribution < -0.4 is 9.47 Å². The molecule has 0 aliphatic heterocycles. The lowest BCUT2D eigenvalue weighted by Crippen LogP contribution is -2.13. The Hall–Kier alpha value is -2.87. The van der Waals surface area contributed by atoms with Crippen molar-refractivity contribution in [2.24, 2.45) is 0 Å². The van der Waals surface area contributed by atoms with Crippen LogP contribution in [0.15, 0.2) is 23.6 Å². The molecule has 8 heteroatoms. The maximum Gasteiger partial charge on any atom is 0.307 e. The van der Waals surface area contributed by atoms with Gasteiger partial charge in [0.2, 0.25) is 0 Å². The molecule has 1 aromatic carbocycles. The van der Waals surface area contributed by atoms with Crippen LogP contribution >= 0.6 is 11.3 Å². The molecule has 2 aromatic heterocycles. The van der Waals surface area contributed by atoms with Gasteiger partial charge >= 0.3 is 5.97 Å². The Morgan fingerprint density at radius 2 is 2.04 bits per heavy atom. The molecule has 3 rings (SSSR count). The maximum absolute atomic E-state index is 14.3. The van der Waals surface area contributed by atoms with E-state index in [4.69, 9.17) is 9.47 Å². The van der Waals surface area contributed by atoms with Crippen molar-refractivity contribution in [1.82, 2.24) is 4.57 Å². The minimum absolute atomic E-state index is 0.00657. The molecule has 142 valence electrons. The number of hydrogen-bond donors (Lipinski definition) is 1. The molecular formula is C19H18FNO5S. The number of carboxylic acids is 1. The number of rotatable bonds is 6. The van der Waals surface area contributed by atoms with Gasteiger partial charge in [0.25, 0.3) is 5.91 Å². The topological polar surface area (TPSA) is 77.8 Å². The number of aliphatic carboxylic acids is 1. The van der Waals surface area contributed by atoms with Gasteiger partial charge in [-0.2, -0.15) is 0 Å². The van der Waals surface area contributed by atoms with Gasteiger partial charge < -0.3 is 14.6 Å². The second kappa shape index (κ2) is 7.40. The predicted octanol–water partition coefficient (Wildman–Crippen LogP) is 3.87. The zero-order valence-corrected chi connectivity index (χ0v) is 15.9. The van der Waals surface area contributed by atoms with Gasteiger partial charge in [-0.3, -0.25) is 14.2 Å². The molecule has 0 unspecified atom stereocenters. The van der Waals surface area contributed by atoms with E-state index in [1.807, 2.05) is 6.92 Å². The van der Waals surface area contributed by atoms with Gasteiger partial charge in [-0.1, -0.05) is 0 Å². The third kappa shape index (κ3) is 3.40. The summed E-state index contributed by atoms with van der Waals surface area (Å²) in [5, 5.41) is 12.0. The van der Waals surface area contributed by atoms with Crippen molar-refractivity contribution in [3.05, 3.63) is 46.2 Å². The highest BCUT2D eigenvalue weighted by molar-refractivity contribution is 7.12. The van der Waals surface area contributed by atoms with Crippen molar-refractivity contribution in [2.45, 2.75) is 20.3 Å². The molecule has 0 aliphatic carbocycles. The lowest BCUT2D eigenvalue weighted by atomic mass is 10.1. The highest BCUT2D eigenvalue weighted by Crippen LogP contribution is 2.33. The average Bonchev–Trinajstić information content (AvgIpc) is 3.18. The lowest BCUT2D eigenvalue weighted by molar-refractivity contribution is -0.136. The minimum atomic E-state index is -1.04. The van der Waals surface area contributed by atoms with E-state index < -0.39 is 11.8 Å². The summed E-state index contributed by atoms with van der Waals surface area (Å²) >= 11 is 1.29. The first-order chi connectivity index (χ1) is 12.9. The molecular weight excluding hydrogens is 373 g/mol. The van der Waals surface area contributed by atoms with Gasteiger partial charge in [-0.25, -0.2) is 4.39 Å². The van der Waals surface area contributed by atoms with Gasteiger partial charge in [0.15, 0.2) is 16.6 Å². The van der Waals surface area contributed by atoms with E-state index in [0.29, 0.717) is 39.4 Å². The number of benzene rings is 1. The summed E-state index contributed by atoms with van der Waals surface area (Å²) in [6, 6.07) is 4.25. The van der Waals surface area contributed by atoms with Crippen LogP contribution in [0.25, 0.3) is 10.9 Å². The molecule has 0 spiro atoms. The molecule has 6 nitrogen and oxygen atoms in total. The van der Waals surface area contributed by atoms with E-state index in [0.717, 1.165) is 0 Å². The van der Waals surface area contributed by atoms with Crippen LogP contribution in [0, 0.1) is 12.7 Å². The molecule has 0 radical (unpaired) electrons. The fraction of sp³-hybridized carbons (Fsp3) is 0.263. The molecule has 0 fully saturated rings. The molecule has 0 saturated heterocycles. The summed E-state index contributed by atoms with van der Waals surface area (Å²) < 4.78 is 26.0. The van der Waals surface area contributed by atoms with E-state index in [2.05, 4.69) is 0 Å². The molecule has 0 saturated carbocycles. The van der Waals surface area contributed by atoms with Gasteiger partial charge in [0.05, 0.1) is 31.2 Å². The van der Waals surface area contributed by atoms with Crippen LogP contribution in [0.1, 0.15) is 28.5 Å². The smallest absolute Gasteiger partial charge is 0.307 e. The predicted molar refractivity (Wildman–Crippen MR) is 99.7 cm³/mol. The molecule has 0 amide bonds. The minimum Gasteiger partial charge on any atom is -0.494 e. The Kier molecular flexibility index (Phi) is 5.18. The normalized spacial score (nSPS) is 11.0. The van der Waals surface area contributed by atoms with E-state index in [1.165, 1.54) is 35.1 Å². The highest BCUT2D eigenvalue weighted by atomic mass is 32.1. The fourth-order valence-corrected chi connectivity index (χ4v) is 3.84. The van der Waals surface area contributed by atoms with Crippen LogP contribution in [0.5, 0.6) is 10.8 Å². The van der Waals surface area contributed by atoms with Crippen LogP contribution in [-0.4, -0.2) is 35.3 Å². The number of halogens is 1. The van der Waals surface area contributed by atoms with Crippen molar-refractivity contribution in [3.63, 3.8) is 0 Å². The summed E-state index contributed by atoms with van der Waals surface area (Å²) in [4.78, 5) is 24.4. The second-order valence-electron chi connectivity index (χ2n) is 5.87. The quantitative estimate of drug-likeness (QED) is 0.690. The molecule has 0 atom stereocenters. The Balaban J connectivity index is 2.21. The van der Waals surface area contributed by atoms with Gasteiger partial charge in [-0.05, 0) is 25.5 Å². The van der Waals surface area contributed by atoms with Crippen LogP contribution in [-0.2, 0) is 11.2 Å². The maximum atomic E-state index is 14.3. The zero-order chi connectivity index (χ0) is 19.7. The van der Waals surface area contributed by atoms with Crippen LogP contribution in [0.2, 0.25) is 0 Å². The lowest BCUT2D eigenvalue weighted by Gasteiger charge is -2.07. The van der Waals surface area contributed by atoms with Crippen molar-refractivity contribution >= 4 is 34.1 Å². The fourth-order valence-electron chi connectivity index (χ4n) is 3.05. The summed E-state index contributed by atoms with van der Waals surface area (Å²) in [7, 11) is 1.33. The standard InChI is InChI=1S/C19H18FNO5S/c1-4-26-18-5-11(9-27-18)19(24)21-10(2)12(7-17(22)23)13-6-16(25-3)14(20)8-15(13)21/h5-6,8-9H,4,7H2,1-3H3,(H,22,23). The molecule has 2 heterocycles. The molecule has 27 heavy (non-hydrogen) atoms. The van der Waals surface area contributed by atoms with Gasteiger partial charge in [0, 0.05) is 28.6 Å². The number of nitrogens with zero attached hydrogens (tertiary/aromatic N) is 1. The number of carboxylic acid groups (broad SMARTS) is 1. The van der Waals surface area contributed by atoms with Gasteiger partial charge in [-0.15, -0.1) is 11.3 Å². The third-order valence-corrected chi connectivity index (χ3v) is 5.09. The summed E-state index contributed by atoms with van der Waals surface area (Å²) in [6.45, 7) is 3.98. The van der Waals surface area contributed by atoms with E-state index in [1.54, 1.807) is 18.4 Å². The number of carbonyl (C=O) groups excluding carboxylic acids is 1. The third-order valence-electron chi connectivity index (χ3n) is 4.25. The number of carbonyl (C=O) groups is 2. The van der Waals surface area contributed by atoms with Crippen LogP contribution in [0.3, 0.4) is 0 Å². The molecule has 0 bridgehead atoms. The first-order valence-corrected chi connectivity index (χ1v) is 9.10. The summed E-state index contributed by atoms with van der Waals surface area (Å²) in [6.07, 6.45) is -0.286. The molecule has 3 aromatic rings. The van der Waals surface area contributed by atoms with E-state index in [-0.39, 0.29) is 18.1 Å². The van der Waals surface area contributed by atoms with E-state index in [9.17, 15) is 19.1 Å². The number of thiophene rings is 1. The largest absolute Gasteiger partial charge is 0.494 e. The first kappa shape index (κ1) is 18.9. The summed E-state index contributed by atoms with van der Waals surface area (Å²) in [5.41, 5.74) is 1.59. The first-order valence-electron chi connectivity index (χ1n) is 8.22. The second-order valence-corrected chi connectivity index (χ2v) is 6.74. The Labute approximate surface area is 158 Å². The Bertz CT molecular complexity index is 1040. The van der Waals surface area contributed by atoms with Crippen LogP contribution in [0.4, 0.5) is 4.39 Å². The number of methoxy groups -OCH3 is 1. The Morgan fingerprint density at radius 3 is 2.67 bits per heavy atom. The van der Waals surface area contributed by atoms with Crippen molar-refractivity contribution in [2.75, 3.05) is 13.7 Å². The number of aromatic nitrogens is 1. The van der Waals surface area contributed by atoms with Gasteiger partial charge in [0.1, 0.15) is 0 Å². The van der Waals surface area contributed by atoms with Crippen molar-refractivity contribution in [3.8, 4) is 10.8 Å². The van der Waals surface area contributed by atoms with Crippen molar-refractivity contribution in [1.29, 1.82) is 0 Å². The molecule has 0 aliphatic rings. The summed E-state index contributed by atoms with van der Waals surface area (Å²) in [5.74, 6) is -2.05. The highest BCUT2D eigenvalue weighted by Gasteiger charge is 2.24. The number of ether oxygens (including phenoxy) is 2. The number of hydrogen-bond acceptors (Lipinski definition) is 5. The molecule has 1 N–H and O–H groups in total. The SMILES string of the molecule is CCOc1cc(C(=O)n2c(C)c(CC(=O)O)c3cc(OC)c(F)cc32)cs1. The zero-order valence-electron chi connectivity index (χ0n) is 15.0.